The van der Waals surface area contributed by atoms with Crippen molar-refractivity contribution in [1.29, 1.82) is 0 Å². The fraction of sp³-hybridized carbons (Fsp3) is 0.633. The number of carboxylic acid groups (broad SMARTS) is 7. The summed E-state index contributed by atoms with van der Waals surface area (Å²) in [4.78, 5) is 128. The fourth-order valence-corrected chi connectivity index (χ4v) is 8.46. The summed E-state index contributed by atoms with van der Waals surface area (Å²) in [6.07, 6.45) is 5.57. The molecule has 0 saturated carbocycles. The summed E-state index contributed by atoms with van der Waals surface area (Å²) in [5.41, 5.74) is 1.74. The maximum absolute atomic E-state index is 12.4. The highest BCUT2D eigenvalue weighted by molar-refractivity contribution is 5.86. The molecule has 0 radical (unpaired) electrons. The molecule has 0 aliphatic carbocycles. The first-order chi connectivity index (χ1) is 36.1. The van der Waals surface area contributed by atoms with Crippen molar-refractivity contribution in [1.82, 2.24) is 50.5 Å². The number of aromatic nitrogens is 3. The van der Waals surface area contributed by atoms with Crippen LogP contribution in [0, 0.1) is 0 Å². The van der Waals surface area contributed by atoms with Crippen molar-refractivity contribution in [3.8, 4) is 0 Å². The highest BCUT2D eigenvalue weighted by Gasteiger charge is 2.29. The van der Waals surface area contributed by atoms with Crippen molar-refractivity contribution in [3.05, 3.63) is 47.0 Å². The Labute approximate surface area is 440 Å². The van der Waals surface area contributed by atoms with Gasteiger partial charge in [-0.3, -0.25) is 38.7 Å². The van der Waals surface area contributed by atoms with Crippen LogP contribution < -0.4 is 20.9 Å². The van der Waals surface area contributed by atoms with E-state index < -0.39 is 79.0 Å². The Kier molecular flexibility index (Phi) is 27.9. The summed E-state index contributed by atoms with van der Waals surface area (Å²) in [5, 5.41) is 73.6. The summed E-state index contributed by atoms with van der Waals surface area (Å²) in [5.74, 6) is -5.75. The second-order valence-corrected chi connectivity index (χ2v) is 18.9. The lowest BCUT2D eigenvalue weighted by molar-refractivity contribution is -0.141. The van der Waals surface area contributed by atoms with E-state index in [-0.39, 0.29) is 77.7 Å². The molecule has 10 N–H and O–H groups in total. The summed E-state index contributed by atoms with van der Waals surface area (Å²) >= 11 is 0. The van der Waals surface area contributed by atoms with Crippen LogP contribution in [0.2, 0.25) is 0 Å². The van der Waals surface area contributed by atoms with Crippen molar-refractivity contribution in [3.63, 3.8) is 0 Å². The normalized spacial score (nSPS) is 15.8. The van der Waals surface area contributed by atoms with Crippen LogP contribution in [0.5, 0.6) is 0 Å². The van der Waals surface area contributed by atoms with Crippen LogP contribution in [0.25, 0.3) is 0 Å². The van der Waals surface area contributed by atoms with Crippen molar-refractivity contribution in [2.75, 3.05) is 91.0 Å². The van der Waals surface area contributed by atoms with Gasteiger partial charge in [0.2, 0.25) is 11.9 Å². The van der Waals surface area contributed by atoms with Gasteiger partial charge in [-0.15, -0.1) is 0 Å². The zero-order valence-electron chi connectivity index (χ0n) is 43.3. The molecule has 27 heteroatoms. The predicted molar refractivity (Wildman–Crippen MR) is 272 cm³/mol. The molecule has 2 aromatic rings. The van der Waals surface area contributed by atoms with Gasteiger partial charge in [0.25, 0.3) is 0 Å². The number of hydrogen-bond donors (Lipinski definition) is 10. The predicted octanol–water partition coefficient (Wildman–Crippen LogP) is 1.22. The van der Waals surface area contributed by atoms with E-state index in [0.29, 0.717) is 69.1 Å². The fourth-order valence-electron chi connectivity index (χ4n) is 8.46. The van der Waals surface area contributed by atoms with E-state index in [9.17, 15) is 73.8 Å². The Bertz CT molecular complexity index is 2240. The zero-order valence-corrected chi connectivity index (χ0v) is 43.3. The molecule has 27 nitrogen and oxygen atoms in total. The number of benzene rings is 1. The molecule has 76 heavy (non-hydrogen) atoms. The van der Waals surface area contributed by atoms with Gasteiger partial charge in [0.05, 0.1) is 19.6 Å². The average Bonchev–Trinajstić information content (AvgIpc) is 3.33. The minimum atomic E-state index is -1.50. The van der Waals surface area contributed by atoms with E-state index in [1.807, 2.05) is 38.4 Å². The molecule has 1 fully saturated rings. The van der Waals surface area contributed by atoms with Gasteiger partial charge < -0.3 is 61.5 Å². The molecule has 1 unspecified atom stereocenters. The maximum Gasteiger partial charge on any atom is 0.407 e. The first-order valence-corrected chi connectivity index (χ1v) is 25.4. The van der Waals surface area contributed by atoms with E-state index in [1.54, 1.807) is 19.6 Å². The minimum absolute atomic E-state index is 0.0115. The average molecular weight is 1070 g/mol. The summed E-state index contributed by atoms with van der Waals surface area (Å²) in [6.45, 7) is -0.366. The Morgan fingerprint density at radius 1 is 0.592 bits per heavy atom. The number of carbonyl (C=O) groups excluding carboxylic acids is 2. The van der Waals surface area contributed by atoms with E-state index in [1.165, 1.54) is 0 Å². The third-order valence-electron chi connectivity index (χ3n) is 12.5. The molecule has 1 aromatic carbocycles. The lowest BCUT2D eigenvalue weighted by atomic mass is 10.0. The first kappa shape index (κ1) is 63.0. The van der Waals surface area contributed by atoms with Gasteiger partial charge in [-0.05, 0) is 56.1 Å². The second kappa shape index (κ2) is 33.6. The Balaban J connectivity index is 1.49. The quantitative estimate of drug-likeness (QED) is 0.0461. The van der Waals surface area contributed by atoms with E-state index >= 15 is 0 Å². The molecule has 1 saturated heterocycles. The molecule has 4 amide bonds. The molecule has 0 spiro atoms. The molecule has 1 aromatic heterocycles. The lowest BCUT2D eigenvalue weighted by Gasteiger charge is -2.37. The number of carboxylic acids is 6. The van der Waals surface area contributed by atoms with Gasteiger partial charge in [-0.25, -0.2) is 24.2 Å². The van der Waals surface area contributed by atoms with Gasteiger partial charge in [0, 0.05) is 98.2 Å². The van der Waals surface area contributed by atoms with E-state index in [2.05, 4.69) is 25.9 Å². The van der Waals surface area contributed by atoms with Crippen LogP contribution in [0.1, 0.15) is 99.8 Å². The summed E-state index contributed by atoms with van der Waals surface area (Å²) < 4.78 is 0. The summed E-state index contributed by atoms with van der Waals surface area (Å²) in [7, 11) is 3.69. The number of amides is 4. The number of anilines is 1. The third kappa shape index (κ3) is 25.8. The molecule has 1 aliphatic rings. The highest BCUT2D eigenvalue weighted by atomic mass is 16.4. The summed E-state index contributed by atoms with van der Waals surface area (Å²) in [6, 6.07) is 3.26. The number of nitrogens with zero attached hydrogens (tertiary/aromatic N) is 8. The number of rotatable bonds is 32. The second-order valence-electron chi connectivity index (χ2n) is 18.9. The smallest absolute Gasteiger partial charge is 0.407 e. The molecule has 1 aliphatic heterocycles. The van der Waals surface area contributed by atoms with Gasteiger partial charge in [0.15, 0.2) is 0 Å². The lowest BCUT2D eigenvalue weighted by Crippen LogP contribution is -2.53. The minimum Gasteiger partial charge on any atom is -0.481 e. The number of nitrogens with one attached hydrogen (secondary N) is 3. The van der Waals surface area contributed by atoms with Gasteiger partial charge in [0.1, 0.15) is 23.7 Å². The highest BCUT2D eigenvalue weighted by Crippen LogP contribution is 2.18. The first-order valence-electron chi connectivity index (χ1n) is 25.4. The number of hydrogen-bond acceptors (Lipinski definition) is 16. The molecular weight excluding hydrogens is 999 g/mol. The van der Waals surface area contributed by atoms with E-state index in [0.717, 1.165) is 48.1 Å². The number of unbranched alkanes of at least 4 members (excludes halogenated alkanes) is 6. The van der Waals surface area contributed by atoms with Crippen LogP contribution in [-0.4, -0.2) is 228 Å². The van der Waals surface area contributed by atoms with Gasteiger partial charge in [-0.1, -0.05) is 49.9 Å². The molecule has 3 rings (SSSR count). The van der Waals surface area contributed by atoms with Crippen LogP contribution in [0.15, 0.2) is 24.3 Å². The Morgan fingerprint density at radius 2 is 1.14 bits per heavy atom. The number of urea groups is 1. The maximum atomic E-state index is 12.4. The Hall–Kier alpha value is -7.26. The molecule has 0 bridgehead atoms. The number of carbonyl (C=O) groups is 9. The topological polar surface area (TPSA) is 386 Å². The van der Waals surface area contributed by atoms with Crippen LogP contribution in [-0.2, 0) is 52.8 Å². The molecule has 2 heterocycles. The van der Waals surface area contributed by atoms with Crippen LogP contribution >= 0.6 is 0 Å². The van der Waals surface area contributed by atoms with Crippen molar-refractivity contribution < 1.29 is 78.9 Å². The van der Waals surface area contributed by atoms with Crippen LogP contribution in [0.4, 0.5) is 15.5 Å². The zero-order chi connectivity index (χ0) is 56.2. The SMILES string of the molecule is CN(C)c1nc(CCCCCCCCC(=O)NCCCC[C@H](NC(=O)N[C@@H](CCC(=O)O)C(=O)O)C(=O)O)nc(Cc2ccc(CC3CN(CC(=O)O)CCN(C(=O)O)CCN(CC(=O)O)CCN3CC(=O)O)cc2)n1. The third-order valence-corrected chi connectivity index (χ3v) is 12.5. The van der Waals surface area contributed by atoms with E-state index in [4.69, 9.17) is 10.1 Å². The monoisotopic (exact) mass is 1070 g/mol. The Morgan fingerprint density at radius 3 is 1.74 bits per heavy atom. The number of aryl methyl sites for hydroxylation is 1. The number of aliphatic carboxylic acids is 6. The largest absolute Gasteiger partial charge is 0.481 e. The van der Waals surface area contributed by atoms with Crippen LogP contribution in [0.3, 0.4) is 0 Å². The standard InChI is InChI=1S/C49H75N11O16/c1-56(2)47-54-38(12-7-5-3-4-6-8-13-40(61)50-20-10-9-11-36(45(70)71)51-48(74)52-37(46(72)73)18-19-41(62)63)53-39(55-47)28-34-16-14-33(15-17-34)27-35-29-58(31-43(66)67)23-25-59(49(75)76)24-21-57(30-42(64)65)22-26-60(35)32-44(68)69/h14-17,35-37H,3-13,18-32H2,1-2H3,(H,50,61)(H,62,63)(H,64,65)(H,66,67)(H,68,69)(H,70,71)(H,72,73)(H,75,76)(H2,51,52,74)/t35?,36-,37-/m0/s1. The van der Waals surface area contributed by atoms with Crippen molar-refractivity contribution >= 4 is 59.8 Å². The molecule has 422 valence electrons. The van der Waals surface area contributed by atoms with Crippen molar-refractivity contribution in [2.24, 2.45) is 0 Å². The van der Waals surface area contributed by atoms with Crippen molar-refractivity contribution in [2.45, 2.75) is 114 Å². The molecule has 3 atom stereocenters. The van der Waals surface area contributed by atoms with Gasteiger partial charge in [-0.2, -0.15) is 9.97 Å². The molecular formula is C49H75N11O16. The van der Waals surface area contributed by atoms with Gasteiger partial charge >= 0.3 is 47.9 Å².